The summed E-state index contributed by atoms with van der Waals surface area (Å²) in [4.78, 5) is 0. The van der Waals surface area contributed by atoms with Crippen molar-refractivity contribution in [3.63, 3.8) is 0 Å². The lowest BCUT2D eigenvalue weighted by molar-refractivity contribution is -0.633. The largest absolute Gasteiger partial charge is 0.450 e. The quantitative estimate of drug-likeness (QED) is 0.314. The number of pyridine rings is 1. The van der Waals surface area contributed by atoms with Gasteiger partial charge in [0.1, 0.15) is 18.6 Å². The molecule has 0 N–H and O–H groups in total. The first kappa shape index (κ1) is 18.1. The molecule has 0 bridgehead atoms. The van der Waals surface area contributed by atoms with E-state index < -0.39 is 0 Å². The zero-order valence-electron chi connectivity index (χ0n) is 17.6. The molecular formula is C26H25FNO+. The number of benzene rings is 3. The van der Waals surface area contributed by atoms with E-state index in [2.05, 4.69) is 50.5 Å². The highest BCUT2D eigenvalue weighted by atomic mass is 19.1. The first-order chi connectivity index (χ1) is 13.8. The molecule has 1 aliphatic heterocycles. The van der Waals surface area contributed by atoms with Crippen LogP contribution in [0.25, 0.3) is 32.9 Å². The summed E-state index contributed by atoms with van der Waals surface area (Å²) >= 11 is 0. The maximum absolute atomic E-state index is 14.5. The van der Waals surface area contributed by atoms with Crippen LogP contribution in [0.2, 0.25) is 0 Å². The van der Waals surface area contributed by atoms with E-state index in [-0.39, 0.29) is 5.82 Å². The molecule has 0 spiro atoms. The number of hydrogen-bond donors (Lipinski definition) is 0. The molecule has 0 amide bonds. The lowest BCUT2D eigenvalue weighted by Crippen LogP contribution is -2.33. The van der Waals surface area contributed by atoms with Crippen LogP contribution >= 0.6 is 0 Å². The molecule has 0 saturated heterocycles. The molecule has 0 aliphatic carbocycles. The van der Waals surface area contributed by atoms with Gasteiger partial charge in [0.15, 0.2) is 5.75 Å². The van der Waals surface area contributed by atoms with Gasteiger partial charge in [-0.2, -0.15) is 4.57 Å². The van der Waals surface area contributed by atoms with Crippen LogP contribution in [0.15, 0.2) is 42.5 Å². The van der Waals surface area contributed by atoms with E-state index in [0.29, 0.717) is 17.1 Å². The molecule has 2 heterocycles. The second kappa shape index (κ2) is 6.28. The lowest BCUT2D eigenvalue weighted by atomic mass is 9.88. The monoisotopic (exact) mass is 386 g/mol. The van der Waals surface area contributed by atoms with Crippen LogP contribution in [0.4, 0.5) is 4.39 Å². The lowest BCUT2D eigenvalue weighted by Gasteiger charge is -2.23. The number of ether oxygens (including phenoxy) is 1. The van der Waals surface area contributed by atoms with Crippen molar-refractivity contribution in [1.82, 2.24) is 0 Å². The SMILES string of the molecule is Cc1cc2cc(CC(C)C)cc3c2c(c1C)-c1c(cc2c(F)cccc2[n+]1C)O3. The van der Waals surface area contributed by atoms with Gasteiger partial charge in [0.05, 0.1) is 10.9 Å². The van der Waals surface area contributed by atoms with Crippen molar-refractivity contribution >= 4 is 21.7 Å². The number of fused-ring (bicyclic) bond motifs is 3. The van der Waals surface area contributed by atoms with E-state index in [1.54, 1.807) is 6.07 Å². The molecule has 0 radical (unpaired) electrons. The second-order valence-electron chi connectivity index (χ2n) is 8.67. The topological polar surface area (TPSA) is 13.1 Å². The van der Waals surface area contributed by atoms with Crippen LogP contribution in [0.3, 0.4) is 0 Å². The summed E-state index contributed by atoms with van der Waals surface area (Å²) in [7, 11) is 2.00. The Kier molecular flexibility index (Phi) is 3.92. The average molecular weight is 386 g/mol. The zero-order valence-corrected chi connectivity index (χ0v) is 17.6. The number of nitrogens with zero attached hydrogens (tertiary/aromatic N) is 1. The highest BCUT2D eigenvalue weighted by molar-refractivity contribution is 6.05. The summed E-state index contributed by atoms with van der Waals surface area (Å²) in [6, 6.07) is 13.8. The standard InChI is InChI=1S/C26H25FNO/c1-14(2)9-17-11-18-10-15(3)16(4)24-25(18)22(12-17)29-23-13-19-20(27)7-6-8-21(19)28(5)26(23)24/h6-8,10-14H,9H2,1-5H3/q+1. The van der Waals surface area contributed by atoms with Crippen molar-refractivity contribution in [2.24, 2.45) is 13.0 Å². The normalized spacial score (nSPS) is 12.5. The summed E-state index contributed by atoms with van der Waals surface area (Å²) < 4.78 is 23.0. The molecule has 3 aromatic carbocycles. The van der Waals surface area contributed by atoms with Gasteiger partial charge < -0.3 is 4.74 Å². The Balaban J connectivity index is 1.92. The smallest absolute Gasteiger partial charge is 0.256 e. The third kappa shape index (κ3) is 2.64. The predicted molar refractivity (Wildman–Crippen MR) is 116 cm³/mol. The number of hydrogen-bond acceptors (Lipinski definition) is 1. The number of halogens is 1. The van der Waals surface area contributed by atoms with Crippen LogP contribution in [0, 0.1) is 25.6 Å². The molecule has 0 unspecified atom stereocenters. The van der Waals surface area contributed by atoms with Gasteiger partial charge in [0.25, 0.3) is 5.69 Å². The maximum Gasteiger partial charge on any atom is 0.256 e. The Morgan fingerprint density at radius 1 is 1.03 bits per heavy atom. The zero-order chi connectivity index (χ0) is 20.4. The molecule has 1 aliphatic rings. The van der Waals surface area contributed by atoms with E-state index in [1.165, 1.54) is 33.7 Å². The minimum absolute atomic E-state index is 0.227. The van der Waals surface area contributed by atoms with E-state index in [1.807, 2.05) is 19.2 Å². The van der Waals surface area contributed by atoms with Crippen LogP contribution in [0.5, 0.6) is 11.5 Å². The maximum atomic E-state index is 14.5. The Bertz CT molecular complexity index is 1320. The van der Waals surface area contributed by atoms with Crippen LogP contribution in [-0.4, -0.2) is 0 Å². The van der Waals surface area contributed by atoms with E-state index >= 15 is 0 Å². The molecule has 4 aromatic rings. The van der Waals surface area contributed by atoms with E-state index in [4.69, 9.17) is 4.74 Å². The summed E-state index contributed by atoms with van der Waals surface area (Å²) in [5.74, 6) is 1.93. The first-order valence-electron chi connectivity index (χ1n) is 10.2. The van der Waals surface area contributed by atoms with Gasteiger partial charge in [0, 0.05) is 17.5 Å². The third-order valence-corrected chi connectivity index (χ3v) is 6.12. The van der Waals surface area contributed by atoms with Crippen LogP contribution in [-0.2, 0) is 13.5 Å². The number of aromatic nitrogens is 1. The highest BCUT2D eigenvalue weighted by Gasteiger charge is 2.32. The van der Waals surface area contributed by atoms with Crippen molar-refractivity contribution < 1.29 is 13.7 Å². The molecule has 0 saturated carbocycles. The van der Waals surface area contributed by atoms with Gasteiger partial charge in [-0.3, -0.25) is 0 Å². The summed E-state index contributed by atoms with van der Waals surface area (Å²) in [6.45, 7) is 8.79. The Morgan fingerprint density at radius 3 is 2.59 bits per heavy atom. The van der Waals surface area contributed by atoms with Gasteiger partial charge in [-0.15, -0.1) is 0 Å². The molecular weight excluding hydrogens is 361 g/mol. The molecule has 5 rings (SSSR count). The fraction of sp³-hybridized carbons (Fsp3) is 0.269. The third-order valence-electron chi connectivity index (χ3n) is 6.12. The van der Waals surface area contributed by atoms with Gasteiger partial charge in [-0.1, -0.05) is 32.0 Å². The molecule has 0 atom stereocenters. The summed E-state index contributed by atoms with van der Waals surface area (Å²) in [5.41, 5.74) is 6.84. The average Bonchev–Trinajstić information content (AvgIpc) is 2.65. The van der Waals surface area contributed by atoms with Crippen LogP contribution < -0.4 is 9.30 Å². The van der Waals surface area contributed by atoms with Crippen molar-refractivity contribution in [3.05, 3.63) is 65.0 Å². The summed E-state index contributed by atoms with van der Waals surface area (Å²) in [5, 5.41) is 2.94. The first-order valence-corrected chi connectivity index (χ1v) is 10.2. The Labute approximate surface area is 170 Å². The molecule has 0 fully saturated rings. The molecule has 3 heteroatoms. The predicted octanol–water partition coefficient (Wildman–Crippen LogP) is 6.54. The fourth-order valence-electron chi connectivity index (χ4n) is 4.70. The van der Waals surface area contributed by atoms with Crippen molar-refractivity contribution in [1.29, 1.82) is 0 Å². The van der Waals surface area contributed by atoms with Crippen molar-refractivity contribution in [3.8, 4) is 22.8 Å². The van der Waals surface area contributed by atoms with Crippen molar-refractivity contribution in [2.45, 2.75) is 34.1 Å². The van der Waals surface area contributed by atoms with Gasteiger partial charge in [-0.25, -0.2) is 4.39 Å². The number of aryl methyl sites for hydroxylation is 2. The molecule has 1 aromatic heterocycles. The van der Waals surface area contributed by atoms with Gasteiger partial charge in [-0.05, 0) is 60.4 Å². The van der Waals surface area contributed by atoms with E-state index in [9.17, 15) is 4.39 Å². The summed E-state index contributed by atoms with van der Waals surface area (Å²) in [6.07, 6.45) is 1.00. The Morgan fingerprint density at radius 2 is 1.83 bits per heavy atom. The molecule has 146 valence electrons. The fourth-order valence-corrected chi connectivity index (χ4v) is 4.70. The van der Waals surface area contributed by atoms with Crippen LogP contribution in [0.1, 0.15) is 30.5 Å². The van der Waals surface area contributed by atoms with Crippen molar-refractivity contribution in [2.75, 3.05) is 0 Å². The minimum Gasteiger partial charge on any atom is -0.450 e. The van der Waals surface area contributed by atoms with Gasteiger partial charge in [0.2, 0.25) is 5.52 Å². The second-order valence-corrected chi connectivity index (χ2v) is 8.67. The Hall–Kier alpha value is -2.94. The minimum atomic E-state index is -0.227. The van der Waals surface area contributed by atoms with E-state index in [0.717, 1.165) is 28.8 Å². The number of rotatable bonds is 2. The highest BCUT2D eigenvalue weighted by Crippen LogP contribution is 2.48. The molecule has 29 heavy (non-hydrogen) atoms. The van der Waals surface area contributed by atoms with Gasteiger partial charge >= 0.3 is 0 Å². The molecule has 2 nitrogen and oxygen atoms in total.